The third-order valence-electron chi connectivity index (χ3n) is 3.15. The summed E-state index contributed by atoms with van der Waals surface area (Å²) in [4.78, 5) is 12.0. The van der Waals surface area contributed by atoms with Gasteiger partial charge in [-0.1, -0.05) is 35.9 Å². The number of nitrogens with zero attached hydrogens (tertiary/aromatic N) is 2. The first kappa shape index (κ1) is 16.8. The third kappa shape index (κ3) is 4.72. The molecule has 1 N–H and O–H groups in total. The van der Waals surface area contributed by atoms with Crippen LogP contribution in [0, 0.1) is 29.6 Å². The Hall–Kier alpha value is -3.57. The van der Waals surface area contributed by atoms with E-state index in [9.17, 15) is 4.79 Å². The number of amides is 1. The molecule has 1 amide bonds. The summed E-state index contributed by atoms with van der Waals surface area (Å²) in [5, 5.41) is 20.4. The predicted octanol–water partition coefficient (Wildman–Crippen LogP) is 3.44. The lowest BCUT2D eigenvalue weighted by Crippen LogP contribution is -2.20. The maximum Gasteiger partial charge on any atom is 0.262 e. The SMILES string of the molecule is Cc1ccc(NC(=O)COc2ccccc2C=C(C#N)C#N)cc1. The van der Waals surface area contributed by atoms with Crippen molar-refractivity contribution in [1.82, 2.24) is 0 Å². The summed E-state index contributed by atoms with van der Waals surface area (Å²) in [5.41, 5.74) is 2.34. The van der Waals surface area contributed by atoms with Crippen molar-refractivity contribution >= 4 is 17.7 Å². The van der Waals surface area contributed by atoms with Crippen molar-refractivity contribution < 1.29 is 9.53 Å². The van der Waals surface area contributed by atoms with E-state index in [1.807, 2.05) is 31.2 Å². The van der Waals surface area contributed by atoms with Crippen LogP contribution in [0.3, 0.4) is 0 Å². The number of hydrogen-bond acceptors (Lipinski definition) is 4. The minimum Gasteiger partial charge on any atom is -0.483 e. The van der Waals surface area contributed by atoms with Crippen molar-refractivity contribution in [3.05, 3.63) is 65.2 Å². The minimum absolute atomic E-state index is 0.0323. The van der Waals surface area contributed by atoms with Crippen LogP contribution in [0.15, 0.2) is 54.1 Å². The molecule has 0 saturated heterocycles. The molecule has 0 atom stereocenters. The zero-order chi connectivity index (χ0) is 17.4. The van der Waals surface area contributed by atoms with Crippen LogP contribution in [0.25, 0.3) is 6.08 Å². The zero-order valence-corrected chi connectivity index (χ0v) is 13.1. The molecule has 5 heteroatoms. The summed E-state index contributed by atoms with van der Waals surface area (Å²) >= 11 is 0. The third-order valence-corrected chi connectivity index (χ3v) is 3.15. The molecule has 2 aromatic carbocycles. The van der Waals surface area contributed by atoms with E-state index in [1.165, 1.54) is 6.08 Å². The van der Waals surface area contributed by atoms with Gasteiger partial charge >= 0.3 is 0 Å². The van der Waals surface area contributed by atoms with E-state index in [2.05, 4.69) is 5.32 Å². The standard InChI is InChI=1S/C19H15N3O2/c1-14-6-8-17(9-7-14)22-19(23)13-24-18-5-3-2-4-16(18)10-15(11-20)12-21/h2-10H,13H2,1H3,(H,22,23). The fourth-order valence-electron chi connectivity index (χ4n) is 1.95. The number of carbonyl (C=O) groups excluding carboxylic acids is 1. The lowest BCUT2D eigenvalue weighted by Gasteiger charge is -2.10. The molecule has 24 heavy (non-hydrogen) atoms. The van der Waals surface area contributed by atoms with Gasteiger partial charge in [0.2, 0.25) is 0 Å². The number of carbonyl (C=O) groups is 1. The molecule has 0 spiro atoms. The molecule has 0 saturated carbocycles. The van der Waals surface area contributed by atoms with Gasteiger partial charge in [0.15, 0.2) is 6.61 Å². The Bertz CT molecular complexity index is 824. The highest BCUT2D eigenvalue weighted by molar-refractivity contribution is 5.91. The van der Waals surface area contributed by atoms with Crippen LogP contribution in [-0.2, 0) is 4.79 Å². The molecule has 0 aliphatic carbocycles. The number of aryl methyl sites for hydroxylation is 1. The monoisotopic (exact) mass is 317 g/mol. The van der Waals surface area contributed by atoms with Crippen LogP contribution < -0.4 is 10.1 Å². The lowest BCUT2D eigenvalue weighted by atomic mass is 10.1. The molecular weight excluding hydrogens is 302 g/mol. The average molecular weight is 317 g/mol. The van der Waals surface area contributed by atoms with Crippen molar-refractivity contribution in [2.45, 2.75) is 6.92 Å². The average Bonchev–Trinajstić information content (AvgIpc) is 2.60. The quantitative estimate of drug-likeness (QED) is 0.856. The Labute approximate surface area is 140 Å². The van der Waals surface area contributed by atoms with Gasteiger partial charge in [0.25, 0.3) is 5.91 Å². The molecular formula is C19H15N3O2. The van der Waals surface area contributed by atoms with E-state index >= 15 is 0 Å². The zero-order valence-electron chi connectivity index (χ0n) is 13.1. The number of benzene rings is 2. The molecule has 0 fully saturated rings. The van der Waals surface area contributed by atoms with Gasteiger partial charge in [-0.05, 0) is 31.2 Å². The minimum atomic E-state index is -0.293. The Morgan fingerprint density at radius 2 is 1.79 bits per heavy atom. The summed E-state index contributed by atoms with van der Waals surface area (Å²) < 4.78 is 5.51. The van der Waals surface area contributed by atoms with Crippen molar-refractivity contribution in [3.8, 4) is 17.9 Å². The first-order valence-corrected chi connectivity index (χ1v) is 7.22. The summed E-state index contributed by atoms with van der Waals surface area (Å²) in [5.74, 6) is 0.137. The fraction of sp³-hybridized carbons (Fsp3) is 0.105. The van der Waals surface area contributed by atoms with Crippen LogP contribution in [0.5, 0.6) is 5.75 Å². The van der Waals surface area contributed by atoms with Crippen molar-refractivity contribution in [3.63, 3.8) is 0 Å². The van der Waals surface area contributed by atoms with E-state index in [1.54, 1.807) is 36.4 Å². The smallest absolute Gasteiger partial charge is 0.262 e. The number of hydrogen-bond donors (Lipinski definition) is 1. The largest absolute Gasteiger partial charge is 0.483 e. The van der Waals surface area contributed by atoms with Gasteiger partial charge in [-0.25, -0.2) is 0 Å². The summed E-state index contributed by atoms with van der Waals surface area (Å²) in [7, 11) is 0. The molecule has 0 radical (unpaired) electrons. The van der Waals surface area contributed by atoms with Gasteiger partial charge in [0, 0.05) is 11.3 Å². The summed E-state index contributed by atoms with van der Waals surface area (Å²) in [6.45, 7) is 1.79. The van der Waals surface area contributed by atoms with Crippen LogP contribution >= 0.6 is 0 Å². The van der Waals surface area contributed by atoms with E-state index in [-0.39, 0.29) is 18.1 Å². The van der Waals surface area contributed by atoms with Crippen LogP contribution in [0.2, 0.25) is 0 Å². The summed E-state index contributed by atoms with van der Waals surface area (Å²) in [6, 6.07) is 17.9. The number of anilines is 1. The van der Waals surface area contributed by atoms with E-state index in [0.29, 0.717) is 17.0 Å². The van der Waals surface area contributed by atoms with E-state index in [4.69, 9.17) is 15.3 Å². The highest BCUT2D eigenvalue weighted by atomic mass is 16.5. The molecule has 0 heterocycles. The van der Waals surface area contributed by atoms with Crippen LogP contribution in [0.1, 0.15) is 11.1 Å². The molecule has 5 nitrogen and oxygen atoms in total. The normalized spacial score (nSPS) is 9.29. The first-order valence-electron chi connectivity index (χ1n) is 7.22. The fourth-order valence-corrected chi connectivity index (χ4v) is 1.95. The van der Waals surface area contributed by atoms with Crippen LogP contribution in [0.4, 0.5) is 5.69 Å². The maximum atomic E-state index is 12.0. The van der Waals surface area contributed by atoms with E-state index < -0.39 is 0 Å². The Balaban J connectivity index is 2.03. The molecule has 2 aromatic rings. The summed E-state index contributed by atoms with van der Waals surface area (Å²) in [6.07, 6.45) is 1.42. The molecule has 2 rings (SSSR count). The van der Waals surface area contributed by atoms with Crippen LogP contribution in [-0.4, -0.2) is 12.5 Å². The topological polar surface area (TPSA) is 85.9 Å². The van der Waals surface area contributed by atoms with Gasteiger partial charge in [0.1, 0.15) is 23.5 Å². The van der Waals surface area contributed by atoms with Gasteiger partial charge in [-0.2, -0.15) is 10.5 Å². The number of allylic oxidation sites excluding steroid dienone is 1. The molecule has 0 aliphatic rings. The lowest BCUT2D eigenvalue weighted by molar-refractivity contribution is -0.118. The van der Waals surface area contributed by atoms with Gasteiger partial charge in [-0.15, -0.1) is 0 Å². The van der Waals surface area contributed by atoms with Gasteiger partial charge in [0.05, 0.1) is 0 Å². The highest BCUT2D eigenvalue weighted by Gasteiger charge is 2.07. The number of nitriles is 2. The second kappa shape index (κ2) is 8.17. The molecule has 118 valence electrons. The number of rotatable bonds is 5. The Kier molecular flexibility index (Phi) is 5.71. The maximum absolute atomic E-state index is 12.0. The van der Waals surface area contributed by atoms with Crippen molar-refractivity contribution in [2.75, 3.05) is 11.9 Å². The highest BCUT2D eigenvalue weighted by Crippen LogP contribution is 2.21. The molecule has 0 aliphatic heterocycles. The number of nitrogens with one attached hydrogen (secondary N) is 1. The van der Waals surface area contributed by atoms with Gasteiger partial charge < -0.3 is 10.1 Å². The molecule has 0 unspecified atom stereocenters. The number of ether oxygens (including phenoxy) is 1. The second-order valence-corrected chi connectivity index (χ2v) is 5.02. The van der Waals surface area contributed by atoms with E-state index in [0.717, 1.165) is 5.56 Å². The van der Waals surface area contributed by atoms with Crippen molar-refractivity contribution in [1.29, 1.82) is 10.5 Å². The number of para-hydroxylation sites is 1. The first-order chi connectivity index (χ1) is 11.6. The molecule has 0 aromatic heterocycles. The van der Waals surface area contributed by atoms with Crippen molar-refractivity contribution in [2.24, 2.45) is 0 Å². The predicted molar refractivity (Wildman–Crippen MR) is 90.9 cm³/mol. The van der Waals surface area contributed by atoms with Gasteiger partial charge in [-0.3, -0.25) is 4.79 Å². The molecule has 0 bridgehead atoms. The Morgan fingerprint density at radius 3 is 2.46 bits per heavy atom. The Morgan fingerprint density at radius 1 is 1.12 bits per heavy atom. The second-order valence-electron chi connectivity index (χ2n) is 5.02.